The van der Waals surface area contributed by atoms with Crippen LogP contribution in [0.4, 0.5) is 13.2 Å². The fourth-order valence-corrected chi connectivity index (χ4v) is 4.46. The Balaban J connectivity index is 2.13. The molecule has 1 aliphatic rings. The number of ether oxygens (including phenoxy) is 1. The van der Waals surface area contributed by atoms with Crippen molar-refractivity contribution in [3.05, 3.63) is 51.2 Å². The third kappa shape index (κ3) is 2.42. The summed E-state index contributed by atoms with van der Waals surface area (Å²) in [5, 5.41) is -4.51. The Hall–Kier alpha value is -1.58. The summed E-state index contributed by atoms with van der Waals surface area (Å²) in [6.07, 6.45) is 0. The molecule has 0 spiro atoms. The van der Waals surface area contributed by atoms with Crippen molar-refractivity contribution in [1.82, 2.24) is 0 Å². The lowest BCUT2D eigenvalue weighted by Gasteiger charge is -2.10. The first-order valence-electron chi connectivity index (χ1n) is 6.19. The summed E-state index contributed by atoms with van der Waals surface area (Å²) in [5.41, 5.74) is -0.708. The highest BCUT2D eigenvalue weighted by molar-refractivity contribution is 9.10. The Morgan fingerprint density at radius 2 is 1.83 bits per heavy atom. The van der Waals surface area contributed by atoms with Gasteiger partial charge in [-0.15, -0.1) is 0 Å². The summed E-state index contributed by atoms with van der Waals surface area (Å²) < 4.78 is 69.2. The number of fused-ring (bicyclic) bond motifs is 1. The molecule has 0 aromatic heterocycles. The van der Waals surface area contributed by atoms with Crippen LogP contribution in [-0.2, 0) is 9.84 Å². The number of halogens is 5. The van der Waals surface area contributed by atoms with Gasteiger partial charge in [0.25, 0.3) is 15.6 Å². The van der Waals surface area contributed by atoms with Gasteiger partial charge in [0.05, 0.1) is 14.9 Å². The molecule has 0 saturated heterocycles. The molecular formula is C14H5BrClF3O4S. The lowest BCUT2D eigenvalue weighted by atomic mass is 10.1. The Kier molecular flexibility index (Phi) is 3.93. The fraction of sp³-hybridized carbons (Fsp3) is 0.0714. The van der Waals surface area contributed by atoms with Crippen molar-refractivity contribution in [2.75, 3.05) is 0 Å². The lowest BCUT2D eigenvalue weighted by molar-refractivity contribution is 0.0548. The van der Waals surface area contributed by atoms with Crippen LogP contribution in [0.5, 0.6) is 11.5 Å². The number of hydrogen-bond donors (Lipinski definition) is 0. The smallest absolute Gasteiger partial charge is 0.411 e. The minimum absolute atomic E-state index is 0.0347. The number of carbonyl (C=O) groups excluding carboxylic acids is 1. The van der Waals surface area contributed by atoms with Crippen LogP contribution >= 0.6 is 27.5 Å². The number of sulfone groups is 1. The summed E-state index contributed by atoms with van der Waals surface area (Å²) >= 11 is 8.58. The average Bonchev–Trinajstić information content (AvgIpc) is 2.59. The Morgan fingerprint density at radius 1 is 1.17 bits per heavy atom. The second-order valence-corrected chi connectivity index (χ2v) is 8.00. The highest BCUT2D eigenvalue weighted by atomic mass is 79.9. The zero-order chi connectivity index (χ0) is 17.9. The van der Waals surface area contributed by atoms with Crippen LogP contribution in [0.25, 0.3) is 0 Å². The first-order chi connectivity index (χ1) is 11.1. The molecule has 0 unspecified atom stereocenters. The lowest BCUT2D eigenvalue weighted by Crippen LogP contribution is -2.30. The zero-order valence-corrected chi connectivity index (χ0v) is 14.5. The molecule has 1 heterocycles. The van der Waals surface area contributed by atoms with E-state index in [1.165, 1.54) is 6.07 Å². The molecule has 126 valence electrons. The SMILES string of the molecule is O=C1c2c(ccc(Oc3cc(F)cc(Cl)c3)c2Br)S(=O)(=O)C1(F)F. The van der Waals surface area contributed by atoms with Crippen molar-refractivity contribution >= 4 is 43.2 Å². The number of alkyl halides is 2. The van der Waals surface area contributed by atoms with E-state index in [-0.39, 0.29) is 21.0 Å². The maximum absolute atomic E-state index is 13.7. The van der Waals surface area contributed by atoms with Gasteiger partial charge in [0.1, 0.15) is 17.3 Å². The van der Waals surface area contributed by atoms with Crippen LogP contribution in [0, 0.1) is 5.82 Å². The van der Waals surface area contributed by atoms with E-state index >= 15 is 0 Å². The molecule has 0 N–H and O–H groups in total. The second kappa shape index (κ2) is 5.47. The van der Waals surface area contributed by atoms with Crippen LogP contribution in [0.3, 0.4) is 0 Å². The van der Waals surface area contributed by atoms with Gasteiger partial charge in [-0.05, 0) is 40.2 Å². The van der Waals surface area contributed by atoms with E-state index in [9.17, 15) is 26.4 Å². The van der Waals surface area contributed by atoms with E-state index < -0.39 is 37.2 Å². The molecule has 3 rings (SSSR count). The second-order valence-electron chi connectivity index (χ2n) is 4.81. The van der Waals surface area contributed by atoms with E-state index in [2.05, 4.69) is 15.9 Å². The fourth-order valence-electron chi connectivity index (χ4n) is 2.17. The molecule has 0 saturated carbocycles. The molecule has 0 atom stereocenters. The molecule has 10 heteroatoms. The largest absolute Gasteiger partial charge is 0.456 e. The average molecular weight is 442 g/mol. The summed E-state index contributed by atoms with van der Waals surface area (Å²) in [5.74, 6) is -2.75. The van der Waals surface area contributed by atoms with Crippen molar-refractivity contribution in [3.63, 3.8) is 0 Å². The maximum atomic E-state index is 13.7. The molecular weight excluding hydrogens is 437 g/mol. The van der Waals surface area contributed by atoms with Gasteiger partial charge in [0.2, 0.25) is 0 Å². The van der Waals surface area contributed by atoms with Crippen molar-refractivity contribution < 1.29 is 31.1 Å². The summed E-state index contributed by atoms with van der Waals surface area (Å²) in [6.45, 7) is 0. The molecule has 0 aliphatic carbocycles. The summed E-state index contributed by atoms with van der Waals surface area (Å²) in [4.78, 5) is 11.0. The van der Waals surface area contributed by atoms with Crippen molar-refractivity contribution in [2.45, 2.75) is 10.2 Å². The van der Waals surface area contributed by atoms with Gasteiger partial charge in [-0.25, -0.2) is 12.8 Å². The molecule has 0 fully saturated rings. The quantitative estimate of drug-likeness (QED) is 0.684. The van der Waals surface area contributed by atoms with E-state index in [1.807, 2.05) is 0 Å². The molecule has 2 aromatic rings. The van der Waals surface area contributed by atoms with Gasteiger partial charge in [-0.3, -0.25) is 4.79 Å². The molecule has 0 bridgehead atoms. The molecule has 1 aliphatic heterocycles. The van der Waals surface area contributed by atoms with Crippen LogP contribution in [0.1, 0.15) is 10.4 Å². The standard InChI is InChI=1S/C14H5BrClF3O4S/c15-12-9(23-8-4-6(16)3-7(17)5-8)1-2-10-11(12)13(20)14(18,19)24(10,21)22/h1-5H. The highest BCUT2D eigenvalue weighted by Gasteiger charge is 2.61. The monoisotopic (exact) mass is 440 g/mol. The minimum atomic E-state index is -5.11. The van der Waals surface area contributed by atoms with E-state index in [0.717, 1.165) is 24.3 Å². The predicted octanol–water partition coefficient (Wildman–Crippen LogP) is 4.60. The van der Waals surface area contributed by atoms with E-state index in [0.29, 0.717) is 0 Å². The first kappa shape index (κ1) is 17.2. The summed E-state index contributed by atoms with van der Waals surface area (Å²) in [6, 6.07) is 5.19. The molecule has 0 radical (unpaired) electrons. The van der Waals surface area contributed by atoms with E-state index in [1.54, 1.807) is 0 Å². The topological polar surface area (TPSA) is 60.4 Å². The molecule has 0 amide bonds. The van der Waals surface area contributed by atoms with Gasteiger partial charge < -0.3 is 4.74 Å². The number of benzene rings is 2. The Labute approximate surface area is 147 Å². The van der Waals surface area contributed by atoms with Gasteiger partial charge >= 0.3 is 5.25 Å². The number of Topliss-reactive ketones (excluding diaryl/α,β-unsaturated/α-hetero) is 1. The van der Waals surface area contributed by atoms with Gasteiger partial charge in [-0.2, -0.15) is 8.78 Å². The third-order valence-electron chi connectivity index (χ3n) is 3.25. The molecule has 2 aromatic carbocycles. The van der Waals surface area contributed by atoms with Crippen molar-refractivity contribution in [2.24, 2.45) is 0 Å². The normalized spacial score (nSPS) is 17.6. The Bertz CT molecular complexity index is 972. The van der Waals surface area contributed by atoms with Crippen LogP contribution in [-0.4, -0.2) is 19.5 Å². The van der Waals surface area contributed by atoms with E-state index in [4.69, 9.17) is 16.3 Å². The molecule has 24 heavy (non-hydrogen) atoms. The summed E-state index contributed by atoms with van der Waals surface area (Å²) in [7, 11) is -5.11. The van der Waals surface area contributed by atoms with Gasteiger partial charge in [0, 0.05) is 11.1 Å². The first-order valence-corrected chi connectivity index (χ1v) is 8.85. The van der Waals surface area contributed by atoms with Crippen LogP contribution in [0.2, 0.25) is 5.02 Å². The zero-order valence-electron chi connectivity index (χ0n) is 11.3. The maximum Gasteiger partial charge on any atom is 0.411 e. The number of hydrogen-bond acceptors (Lipinski definition) is 4. The molecule has 4 nitrogen and oxygen atoms in total. The van der Waals surface area contributed by atoms with Crippen molar-refractivity contribution in [1.29, 1.82) is 0 Å². The third-order valence-corrected chi connectivity index (χ3v) is 6.04. The number of rotatable bonds is 2. The Morgan fingerprint density at radius 3 is 2.46 bits per heavy atom. The predicted molar refractivity (Wildman–Crippen MR) is 82.1 cm³/mol. The van der Waals surface area contributed by atoms with Crippen molar-refractivity contribution in [3.8, 4) is 11.5 Å². The highest BCUT2D eigenvalue weighted by Crippen LogP contribution is 2.47. The van der Waals surface area contributed by atoms with Gasteiger partial charge in [-0.1, -0.05) is 11.6 Å². The van der Waals surface area contributed by atoms with Crippen LogP contribution in [0.15, 0.2) is 39.7 Å². The number of carbonyl (C=O) groups is 1. The minimum Gasteiger partial charge on any atom is -0.456 e. The number of ketones is 1. The van der Waals surface area contributed by atoms with Crippen LogP contribution < -0.4 is 4.74 Å². The van der Waals surface area contributed by atoms with Gasteiger partial charge in [0.15, 0.2) is 0 Å².